The van der Waals surface area contributed by atoms with Gasteiger partial charge in [-0.3, -0.25) is 14.0 Å². The van der Waals surface area contributed by atoms with Crippen LogP contribution >= 0.6 is 0 Å². The number of carbonyl (C=O) groups is 1. The van der Waals surface area contributed by atoms with Crippen molar-refractivity contribution in [1.82, 2.24) is 24.4 Å². The van der Waals surface area contributed by atoms with Gasteiger partial charge in [-0.25, -0.2) is 9.37 Å². The van der Waals surface area contributed by atoms with Crippen LogP contribution in [-0.2, 0) is 0 Å². The summed E-state index contributed by atoms with van der Waals surface area (Å²) in [6.07, 6.45) is 4.47. The van der Waals surface area contributed by atoms with Crippen molar-refractivity contribution in [2.75, 3.05) is 13.1 Å². The molecule has 1 aromatic carbocycles. The number of rotatable bonds is 3. The second-order valence-electron chi connectivity index (χ2n) is 7.97. The highest BCUT2D eigenvalue weighted by atomic mass is 19.1. The van der Waals surface area contributed by atoms with Crippen LogP contribution in [0.2, 0.25) is 0 Å². The minimum Gasteiger partial charge on any atom is -0.339 e. The lowest BCUT2D eigenvalue weighted by atomic mass is 9.97. The lowest BCUT2D eigenvalue weighted by Gasteiger charge is -2.30. The number of halogens is 1. The number of hydrogen-bond acceptors (Lipinski definition) is 6. The quantitative estimate of drug-likeness (QED) is 0.493. The third-order valence-electron chi connectivity index (χ3n) is 5.68. The highest BCUT2D eigenvalue weighted by Crippen LogP contribution is 2.28. The number of likely N-dealkylation sites (tertiary alicyclic amines) is 1. The summed E-state index contributed by atoms with van der Waals surface area (Å²) in [5.41, 5.74) is 1.63. The van der Waals surface area contributed by atoms with Crippen molar-refractivity contribution in [3.63, 3.8) is 0 Å². The van der Waals surface area contributed by atoms with E-state index in [1.807, 2.05) is 6.92 Å². The molecule has 1 unspecified atom stereocenters. The molecule has 1 aliphatic rings. The molecule has 162 valence electrons. The van der Waals surface area contributed by atoms with E-state index in [-0.39, 0.29) is 23.2 Å². The van der Waals surface area contributed by atoms with E-state index in [4.69, 9.17) is 4.52 Å². The molecule has 1 fully saturated rings. The molecule has 3 aromatic heterocycles. The molecule has 4 aromatic rings. The van der Waals surface area contributed by atoms with Crippen molar-refractivity contribution >= 4 is 11.6 Å². The Balaban J connectivity index is 1.38. The molecule has 9 heteroatoms. The SMILES string of the molecule is Cc1ccn2c(=O)c(C(=O)N3CCCC(c4nc(-c5cccc(F)c5)no4)C3)cnc2c1. The van der Waals surface area contributed by atoms with Gasteiger partial charge in [0, 0.05) is 31.0 Å². The molecule has 0 bridgehead atoms. The van der Waals surface area contributed by atoms with Crippen LogP contribution in [0.15, 0.2) is 58.1 Å². The van der Waals surface area contributed by atoms with Gasteiger partial charge in [0.1, 0.15) is 17.0 Å². The summed E-state index contributed by atoms with van der Waals surface area (Å²) in [5.74, 6) is -0.220. The summed E-state index contributed by atoms with van der Waals surface area (Å²) in [4.78, 5) is 36.3. The van der Waals surface area contributed by atoms with Gasteiger partial charge in [0.05, 0.1) is 5.92 Å². The summed E-state index contributed by atoms with van der Waals surface area (Å²) < 4.78 is 20.3. The molecule has 0 aliphatic carbocycles. The Morgan fingerprint density at radius 2 is 2.12 bits per heavy atom. The predicted octanol–water partition coefficient (Wildman–Crippen LogP) is 3.21. The molecular weight excluding hydrogens is 413 g/mol. The molecule has 0 radical (unpaired) electrons. The number of fused-ring (bicyclic) bond motifs is 1. The smallest absolute Gasteiger partial charge is 0.270 e. The van der Waals surface area contributed by atoms with Gasteiger partial charge in [-0.05, 0) is 49.6 Å². The van der Waals surface area contributed by atoms with Crippen LogP contribution < -0.4 is 5.56 Å². The normalized spacial score (nSPS) is 16.4. The van der Waals surface area contributed by atoms with E-state index < -0.39 is 5.56 Å². The van der Waals surface area contributed by atoms with Crippen LogP contribution in [0.3, 0.4) is 0 Å². The molecule has 5 rings (SSSR count). The van der Waals surface area contributed by atoms with E-state index in [0.717, 1.165) is 18.4 Å². The van der Waals surface area contributed by atoms with Gasteiger partial charge in [0.15, 0.2) is 0 Å². The molecule has 0 N–H and O–H groups in total. The Bertz CT molecular complexity index is 1380. The van der Waals surface area contributed by atoms with E-state index in [0.29, 0.717) is 36.0 Å². The van der Waals surface area contributed by atoms with E-state index in [9.17, 15) is 14.0 Å². The third-order valence-corrected chi connectivity index (χ3v) is 5.68. The highest BCUT2D eigenvalue weighted by molar-refractivity contribution is 5.93. The Hall–Kier alpha value is -3.88. The fraction of sp³-hybridized carbons (Fsp3) is 0.261. The number of nitrogens with zero attached hydrogens (tertiary/aromatic N) is 5. The van der Waals surface area contributed by atoms with Gasteiger partial charge < -0.3 is 9.42 Å². The van der Waals surface area contributed by atoms with Crippen molar-refractivity contribution in [3.05, 3.63) is 82.0 Å². The van der Waals surface area contributed by atoms with Crippen molar-refractivity contribution in [2.24, 2.45) is 0 Å². The molecule has 1 saturated heterocycles. The van der Waals surface area contributed by atoms with Gasteiger partial charge in [0.25, 0.3) is 11.5 Å². The number of amides is 1. The van der Waals surface area contributed by atoms with Crippen LogP contribution in [0, 0.1) is 12.7 Å². The summed E-state index contributed by atoms with van der Waals surface area (Å²) in [7, 11) is 0. The van der Waals surface area contributed by atoms with Gasteiger partial charge in [0.2, 0.25) is 11.7 Å². The fourth-order valence-electron chi connectivity index (χ4n) is 4.00. The van der Waals surface area contributed by atoms with Crippen LogP contribution in [0.5, 0.6) is 0 Å². The summed E-state index contributed by atoms with van der Waals surface area (Å²) in [6.45, 7) is 2.78. The van der Waals surface area contributed by atoms with Crippen LogP contribution in [0.1, 0.15) is 40.6 Å². The van der Waals surface area contributed by atoms with Crippen LogP contribution in [0.25, 0.3) is 17.0 Å². The zero-order chi connectivity index (χ0) is 22.2. The summed E-state index contributed by atoms with van der Waals surface area (Å²) >= 11 is 0. The van der Waals surface area contributed by atoms with E-state index in [1.165, 1.54) is 22.7 Å². The Morgan fingerprint density at radius 3 is 2.97 bits per heavy atom. The van der Waals surface area contributed by atoms with E-state index in [1.54, 1.807) is 35.4 Å². The average Bonchev–Trinajstić information content (AvgIpc) is 3.29. The average molecular weight is 433 g/mol. The van der Waals surface area contributed by atoms with Gasteiger partial charge in [-0.2, -0.15) is 4.98 Å². The van der Waals surface area contributed by atoms with Crippen LogP contribution in [-0.4, -0.2) is 43.4 Å². The Labute approximate surface area is 182 Å². The maximum Gasteiger partial charge on any atom is 0.270 e. The Kier molecular flexibility index (Phi) is 5.01. The second kappa shape index (κ2) is 7.99. The molecule has 4 heterocycles. The topological polar surface area (TPSA) is 93.6 Å². The molecule has 8 nitrogen and oxygen atoms in total. The lowest BCUT2D eigenvalue weighted by molar-refractivity contribution is 0.0693. The van der Waals surface area contributed by atoms with Gasteiger partial charge in [-0.15, -0.1) is 0 Å². The molecular formula is C23H20FN5O3. The minimum absolute atomic E-state index is 0.0259. The van der Waals surface area contributed by atoms with E-state index >= 15 is 0 Å². The number of aromatic nitrogens is 4. The number of hydrogen-bond donors (Lipinski definition) is 0. The molecule has 1 amide bonds. The van der Waals surface area contributed by atoms with Crippen LogP contribution in [0.4, 0.5) is 4.39 Å². The lowest BCUT2D eigenvalue weighted by Crippen LogP contribution is -2.41. The van der Waals surface area contributed by atoms with Crippen molar-refractivity contribution < 1.29 is 13.7 Å². The highest BCUT2D eigenvalue weighted by Gasteiger charge is 2.30. The zero-order valence-electron chi connectivity index (χ0n) is 17.4. The molecule has 1 aliphatic heterocycles. The monoisotopic (exact) mass is 433 g/mol. The fourth-order valence-corrected chi connectivity index (χ4v) is 4.00. The first-order valence-corrected chi connectivity index (χ1v) is 10.4. The Morgan fingerprint density at radius 1 is 1.25 bits per heavy atom. The minimum atomic E-state index is -0.395. The van der Waals surface area contributed by atoms with Gasteiger partial charge in [-0.1, -0.05) is 17.3 Å². The summed E-state index contributed by atoms with van der Waals surface area (Å²) in [6, 6.07) is 9.56. The van der Waals surface area contributed by atoms with E-state index in [2.05, 4.69) is 15.1 Å². The second-order valence-corrected chi connectivity index (χ2v) is 7.97. The number of pyridine rings is 1. The summed E-state index contributed by atoms with van der Waals surface area (Å²) in [5, 5.41) is 3.97. The maximum absolute atomic E-state index is 13.5. The molecule has 0 spiro atoms. The number of piperidine rings is 1. The van der Waals surface area contributed by atoms with Gasteiger partial charge >= 0.3 is 0 Å². The number of benzene rings is 1. The number of carbonyl (C=O) groups excluding carboxylic acids is 1. The third kappa shape index (κ3) is 3.66. The number of aryl methyl sites for hydroxylation is 1. The zero-order valence-corrected chi connectivity index (χ0v) is 17.4. The molecule has 0 saturated carbocycles. The predicted molar refractivity (Wildman–Crippen MR) is 114 cm³/mol. The van der Waals surface area contributed by atoms with Crippen molar-refractivity contribution in [3.8, 4) is 11.4 Å². The standard InChI is InChI=1S/C23H20FN5O3/c1-14-7-9-29-19(10-14)25-12-18(23(29)31)22(30)28-8-3-5-16(13-28)21-26-20(27-32-21)15-4-2-6-17(24)11-15/h2,4,6-7,9-12,16H,3,5,8,13H2,1H3. The molecule has 1 atom stereocenters. The first-order valence-electron chi connectivity index (χ1n) is 10.4. The first-order chi connectivity index (χ1) is 15.5. The first kappa shape index (κ1) is 20.0. The maximum atomic E-state index is 13.5. The van der Waals surface area contributed by atoms with Crippen molar-refractivity contribution in [2.45, 2.75) is 25.7 Å². The molecule has 32 heavy (non-hydrogen) atoms. The largest absolute Gasteiger partial charge is 0.339 e. The van der Waals surface area contributed by atoms with Crippen molar-refractivity contribution in [1.29, 1.82) is 0 Å².